The van der Waals surface area contributed by atoms with E-state index in [-0.39, 0.29) is 5.91 Å². The molecule has 0 radical (unpaired) electrons. The fraction of sp³-hybridized carbons (Fsp3) is 0.0476. The number of aromatic nitrogens is 1. The van der Waals surface area contributed by atoms with Crippen LogP contribution in [0.15, 0.2) is 81.2 Å². The maximum Gasteiger partial charge on any atom is 0.260 e. The van der Waals surface area contributed by atoms with E-state index in [1.807, 2.05) is 47.8 Å². The molecule has 140 valence electrons. The van der Waals surface area contributed by atoms with Gasteiger partial charge >= 0.3 is 0 Å². The maximum absolute atomic E-state index is 13.2. The Kier molecular flexibility index (Phi) is 5.62. The number of hydrogen-bond donors (Lipinski definition) is 0. The second-order valence-corrected chi connectivity index (χ2v) is 8.19. The summed E-state index contributed by atoms with van der Waals surface area (Å²) in [4.78, 5) is 19.5. The highest BCUT2D eigenvalue weighted by molar-refractivity contribution is 9.10. The highest BCUT2D eigenvalue weighted by Gasteiger charge is 2.22. The Morgan fingerprint density at radius 3 is 2.54 bits per heavy atom. The van der Waals surface area contributed by atoms with Crippen molar-refractivity contribution in [2.45, 2.75) is 6.54 Å². The van der Waals surface area contributed by atoms with E-state index in [2.05, 4.69) is 20.9 Å². The van der Waals surface area contributed by atoms with E-state index in [9.17, 15) is 4.79 Å². The van der Waals surface area contributed by atoms with Crippen molar-refractivity contribution in [1.82, 2.24) is 4.98 Å². The lowest BCUT2D eigenvalue weighted by Gasteiger charge is -2.19. The molecule has 2 aromatic carbocycles. The van der Waals surface area contributed by atoms with Crippen LogP contribution in [0.3, 0.4) is 0 Å². The third-order valence-electron chi connectivity index (χ3n) is 4.09. The van der Waals surface area contributed by atoms with Crippen molar-refractivity contribution < 1.29 is 9.21 Å². The van der Waals surface area contributed by atoms with Crippen molar-refractivity contribution in [3.05, 3.63) is 93.1 Å². The first kappa shape index (κ1) is 18.9. The molecule has 2 aromatic heterocycles. The fourth-order valence-corrected chi connectivity index (χ4v) is 3.90. The van der Waals surface area contributed by atoms with Crippen molar-refractivity contribution in [3.8, 4) is 11.3 Å². The van der Waals surface area contributed by atoms with Gasteiger partial charge in [-0.2, -0.15) is 0 Å². The Morgan fingerprint density at radius 2 is 1.86 bits per heavy atom. The quantitative estimate of drug-likeness (QED) is 0.325. The van der Waals surface area contributed by atoms with Gasteiger partial charge < -0.3 is 4.42 Å². The highest BCUT2D eigenvalue weighted by Crippen LogP contribution is 2.30. The molecule has 0 fully saturated rings. The average Bonchev–Trinajstić information content (AvgIpc) is 3.39. The van der Waals surface area contributed by atoms with Crippen LogP contribution in [-0.4, -0.2) is 10.9 Å². The molecule has 0 bridgehead atoms. The molecule has 0 unspecified atom stereocenters. The lowest BCUT2D eigenvalue weighted by atomic mass is 10.2. The summed E-state index contributed by atoms with van der Waals surface area (Å²) in [5, 5.41) is 3.21. The molecular weight excluding hydrogens is 460 g/mol. The molecule has 0 spiro atoms. The lowest BCUT2D eigenvalue weighted by Crippen LogP contribution is -2.30. The van der Waals surface area contributed by atoms with Crippen molar-refractivity contribution in [2.24, 2.45) is 0 Å². The second kappa shape index (κ2) is 8.31. The zero-order valence-electron chi connectivity index (χ0n) is 14.5. The van der Waals surface area contributed by atoms with Crippen LogP contribution in [0.25, 0.3) is 11.3 Å². The normalized spacial score (nSPS) is 10.8. The average molecular weight is 474 g/mol. The standard InChI is InChI=1S/C21H14BrClN2O2S/c22-16-7-3-15(4-8-16)20(26)25(12-18-2-1-11-27-18)21-24-19(13-28-21)14-5-9-17(23)10-6-14/h1-11,13H,12H2. The molecule has 0 aliphatic carbocycles. The Labute approximate surface area is 179 Å². The zero-order chi connectivity index (χ0) is 19.5. The monoisotopic (exact) mass is 472 g/mol. The minimum atomic E-state index is -0.138. The van der Waals surface area contributed by atoms with Crippen LogP contribution in [-0.2, 0) is 6.54 Å². The molecule has 0 saturated heterocycles. The molecule has 2 heterocycles. The van der Waals surface area contributed by atoms with Gasteiger partial charge in [-0.3, -0.25) is 9.69 Å². The van der Waals surface area contributed by atoms with Gasteiger partial charge in [0, 0.05) is 26.0 Å². The molecule has 28 heavy (non-hydrogen) atoms. The number of anilines is 1. The number of thiazole rings is 1. The van der Waals surface area contributed by atoms with Crippen LogP contribution in [0.4, 0.5) is 5.13 Å². The molecule has 0 N–H and O–H groups in total. The SMILES string of the molecule is O=C(c1ccc(Br)cc1)N(Cc1ccco1)c1nc(-c2ccc(Cl)cc2)cs1. The summed E-state index contributed by atoms with van der Waals surface area (Å²) in [5.41, 5.74) is 2.32. The Balaban J connectivity index is 1.68. The number of halogens is 2. The number of nitrogens with zero attached hydrogens (tertiary/aromatic N) is 2. The van der Waals surface area contributed by atoms with Gasteiger partial charge in [0.25, 0.3) is 5.91 Å². The highest BCUT2D eigenvalue weighted by atomic mass is 79.9. The summed E-state index contributed by atoms with van der Waals surface area (Å²) in [6.07, 6.45) is 1.60. The second-order valence-electron chi connectivity index (χ2n) is 6.00. The summed E-state index contributed by atoms with van der Waals surface area (Å²) in [6.45, 7) is 0.301. The Hall–Kier alpha value is -2.41. The van der Waals surface area contributed by atoms with Crippen molar-refractivity contribution in [2.75, 3.05) is 4.90 Å². The van der Waals surface area contributed by atoms with Crippen LogP contribution in [0.5, 0.6) is 0 Å². The van der Waals surface area contributed by atoms with Crippen LogP contribution in [0.2, 0.25) is 5.02 Å². The number of hydrogen-bond acceptors (Lipinski definition) is 4. The van der Waals surface area contributed by atoms with Gasteiger partial charge in [0.05, 0.1) is 18.5 Å². The molecular formula is C21H14BrClN2O2S. The molecule has 0 aliphatic rings. The molecule has 0 saturated carbocycles. The first-order chi connectivity index (χ1) is 13.6. The topological polar surface area (TPSA) is 46.3 Å². The summed E-state index contributed by atoms with van der Waals surface area (Å²) in [6, 6.07) is 18.4. The molecule has 4 nitrogen and oxygen atoms in total. The third-order valence-corrected chi connectivity index (χ3v) is 5.74. The maximum atomic E-state index is 13.2. The number of carbonyl (C=O) groups excluding carboxylic acids is 1. The number of amides is 1. The first-order valence-corrected chi connectivity index (χ1v) is 10.5. The molecule has 7 heteroatoms. The molecule has 0 atom stereocenters. The smallest absolute Gasteiger partial charge is 0.260 e. The minimum Gasteiger partial charge on any atom is -0.467 e. The zero-order valence-corrected chi connectivity index (χ0v) is 17.7. The molecule has 0 aliphatic heterocycles. The number of furan rings is 1. The summed E-state index contributed by atoms with van der Waals surface area (Å²) >= 11 is 10.8. The molecule has 4 aromatic rings. The van der Waals surface area contributed by atoms with Gasteiger partial charge in [0.2, 0.25) is 0 Å². The summed E-state index contributed by atoms with van der Waals surface area (Å²) < 4.78 is 6.37. The van der Waals surface area contributed by atoms with Gasteiger partial charge in [0.1, 0.15) is 5.76 Å². The van der Waals surface area contributed by atoms with E-state index in [1.165, 1.54) is 11.3 Å². The largest absolute Gasteiger partial charge is 0.467 e. The van der Waals surface area contributed by atoms with Crippen LogP contribution in [0.1, 0.15) is 16.1 Å². The molecule has 1 amide bonds. The predicted octanol–water partition coefficient (Wildman–Crippen LogP) is 6.67. The van der Waals surface area contributed by atoms with Crippen molar-refractivity contribution in [3.63, 3.8) is 0 Å². The van der Waals surface area contributed by atoms with E-state index in [1.54, 1.807) is 29.4 Å². The van der Waals surface area contributed by atoms with Crippen LogP contribution >= 0.6 is 38.9 Å². The third kappa shape index (κ3) is 4.19. The van der Waals surface area contributed by atoms with Gasteiger partial charge in [-0.05, 0) is 48.5 Å². The summed E-state index contributed by atoms with van der Waals surface area (Å²) in [5.74, 6) is 0.551. The number of rotatable bonds is 5. The lowest BCUT2D eigenvalue weighted by molar-refractivity contribution is 0.0983. The van der Waals surface area contributed by atoms with Crippen LogP contribution in [0, 0.1) is 0 Å². The first-order valence-electron chi connectivity index (χ1n) is 8.41. The fourth-order valence-electron chi connectivity index (χ4n) is 2.67. The van der Waals surface area contributed by atoms with E-state index < -0.39 is 0 Å². The Bertz CT molecular complexity index is 1080. The summed E-state index contributed by atoms with van der Waals surface area (Å²) in [7, 11) is 0. The number of benzene rings is 2. The van der Waals surface area contributed by atoms with Gasteiger partial charge in [0.15, 0.2) is 5.13 Å². The van der Waals surface area contributed by atoms with Gasteiger partial charge in [-0.25, -0.2) is 4.98 Å². The predicted molar refractivity (Wildman–Crippen MR) is 116 cm³/mol. The van der Waals surface area contributed by atoms with E-state index in [0.717, 1.165) is 15.7 Å². The van der Waals surface area contributed by atoms with E-state index >= 15 is 0 Å². The Morgan fingerprint density at radius 1 is 1.11 bits per heavy atom. The minimum absolute atomic E-state index is 0.138. The number of carbonyl (C=O) groups is 1. The van der Waals surface area contributed by atoms with Crippen molar-refractivity contribution in [1.29, 1.82) is 0 Å². The van der Waals surface area contributed by atoms with Gasteiger partial charge in [-0.15, -0.1) is 11.3 Å². The molecule has 4 rings (SSSR count). The van der Waals surface area contributed by atoms with Gasteiger partial charge in [-0.1, -0.05) is 39.7 Å². The van der Waals surface area contributed by atoms with E-state index in [4.69, 9.17) is 16.0 Å². The van der Waals surface area contributed by atoms with Crippen molar-refractivity contribution >= 4 is 49.9 Å². The van der Waals surface area contributed by atoms with Crippen LogP contribution < -0.4 is 4.90 Å². The van der Waals surface area contributed by atoms with E-state index in [0.29, 0.717) is 28.0 Å².